The first kappa shape index (κ1) is 13.1. The van der Waals surface area contributed by atoms with Crippen LogP contribution in [-0.4, -0.2) is 26.2 Å². The Morgan fingerprint density at radius 3 is 2.95 bits per heavy atom. The van der Waals surface area contributed by atoms with Crippen LogP contribution in [0.1, 0.15) is 18.3 Å². The van der Waals surface area contributed by atoms with Crippen molar-refractivity contribution in [1.29, 1.82) is 0 Å². The molecule has 0 aliphatic heterocycles. The van der Waals surface area contributed by atoms with Crippen molar-refractivity contribution in [3.63, 3.8) is 0 Å². The molecular formula is C15H14N4O2. The quantitative estimate of drug-likeness (QED) is 0.719. The summed E-state index contributed by atoms with van der Waals surface area (Å²) in [6.07, 6.45) is 2.06. The molecule has 1 aromatic heterocycles. The average Bonchev–Trinajstić information content (AvgIpc) is 2.86. The number of benzene rings is 2. The number of hydrogen-bond donors (Lipinski definition) is 2. The van der Waals surface area contributed by atoms with Crippen LogP contribution in [0.4, 0.5) is 0 Å². The first-order chi connectivity index (χ1) is 10.2. The molecule has 0 atom stereocenters. The SMILES string of the molecule is CCc1n[nH]c(=O)n1/N=C\c1c(O)ccc2ccccc12. The van der Waals surface area contributed by atoms with Gasteiger partial charge in [0.2, 0.25) is 0 Å². The maximum atomic E-state index is 11.6. The highest BCUT2D eigenvalue weighted by Crippen LogP contribution is 2.25. The van der Waals surface area contributed by atoms with Gasteiger partial charge in [-0.2, -0.15) is 14.9 Å². The molecule has 6 heteroatoms. The fourth-order valence-electron chi connectivity index (χ4n) is 2.21. The summed E-state index contributed by atoms with van der Waals surface area (Å²) in [5, 5.41) is 22.3. The number of nitrogens with one attached hydrogen (secondary N) is 1. The summed E-state index contributed by atoms with van der Waals surface area (Å²) < 4.78 is 1.20. The van der Waals surface area contributed by atoms with Gasteiger partial charge in [0.1, 0.15) is 5.75 Å². The maximum Gasteiger partial charge on any atom is 0.364 e. The van der Waals surface area contributed by atoms with Gasteiger partial charge in [-0.25, -0.2) is 9.89 Å². The zero-order valence-corrected chi connectivity index (χ0v) is 11.4. The lowest BCUT2D eigenvalue weighted by molar-refractivity contribution is 0.475. The summed E-state index contributed by atoms with van der Waals surface area (Å²) in [6.45, 7) is 1.89. The largest absolute Gasteiger partial charge is 0.507 e. The Morgan fingerprint density at radius 2 is 2.14 bits per heavy atom. The van der Waals surface area contributed by atoms with E-state index in [2.05, 4.69) is 15.3 Å². The molecule has 3 rings (SSSR count). The van der Waals surface area contributed by atoms with Gasteiger partial charge in [0.05, 0.1) is 6.21 Å². The number of fused-ring (bicyclic) bond motifs is 1. The number of aryl methyl sites for hydroxylation is 1. The van der Waals surface area contributed by atoms with Gasteiger partial charge in [0.25, 0.3) is 0 Å². The summed E-state index contributed by atoms with van der Waals surface area (Å²) >= 11 is 0. The van der Waals surface area contributed by atoms with E-state index in [1.807, 2.05) is 37.3 Å². The van der Waals surface area contributed by atoms with Gasteiger partial charge >= 0.3 is 5.69 Å². The minimum atomic E-state index is -0.400. The third kappa shape index (κ3) is 2.31. The first-order valence-electron chi connectivity index (χ1n) is 6.62. The standard InChI is InChI=1S/C15H14N4O2/c1-2-14-17-18-15(21)19(14)16-9-12-11-6-4-3-5-10(11)7-8-13(12)20/h3-9,20H,2H2,1H3,(H,18,21)/b16-9-. The van der Waals surface area contributed by atoms with E-state index >= 15 is 0 Å². The van der Waals surface area contributed by atoms with Crippen LogP contribution in [0, 0.1) is 0 Å². The molecule has 0 unspecified atom stereocenters. The number of H-pyrrole nitrogens is 1. The molecule has 0 aliphatic rings. The third-order valence-electron chi connectivity index (χ3n) is 3.28. The Balaban J connectivity index is 2.13. The molecule has 2 N–H and O–H groups in total. The lowest BCUT2D eigenvalue weighted by Crippen LogP contribution is -2.14. The van der Waals surface area contributed by atoms with Crippen LogP contribution in [0.25, 0.3) is 10.8 Å². The fourth-order valence-corrected chi connectivity index (χ4v) is 2.21. The van der Waals surface area contributed by atoms with Crippen molar-refractivity contribution in [1.82, 2.24) is 14.9 Å². The minimum Gasteiger partial charge on any atom is -0.507 e. The molecule has 3 aromatic rings. The Labute approximate surface area is 120 Å². The van der Waals surface area contributed by atoms with Crippen molar-refractivity contribution in [3.8, 4) is 5.75 Å². The topological polar surface area (TPSA) is 83.3 Å². The zero-order chi connectivity index (χ0) is 14.8. The fraction of sp³-hybridized carbons (Fsp3) is 0.133. The van der Waals surface area contributed by atoms with Crippen molar-refractivity contribution in [2.75, 3.05) is 0 Å². The lowest BCUT2D eigenvalue weighted by atomic mass is 10.0. The van der Waals surface area contributed by atoms with Gasteiger partial charge in [-0.05, 0) is 16.8 Å². The van der Waals surface area contributed by atoms with E-state index in [1.54, 1.807) is 6.07 Å². The van der Waals surface area contributed by atoms with Gasteiger partial charge in [-0.1, -0.05) is 37.3 Å². The Hall–Kier alpha value is -2.89. The maximum absolute atomic E-state index is 11.6. The van der Waals surface area contributed by atoms with Crippen molar-refractivity contribution < 1.29 is 5.11 Å². The molecule has 0 radical (unpaired) electrons. The third-order valence-corrected chi connectivity index (χ3v) is 3.28. The van der Waals surface area contributed by atoms with Gasteiger partial charge in [-0.15, -0.1) is 0 Å². The first-order valence-corrected chi connectivity index (χ1v) is 6.62. The molecule has 0 aliphatic carbocycles. The predicted octanol–water partition coefficient (Wildman–Crippen LogP) is 1.87. The van der Waals surface area contributed by atoms with Crippen LogP contribution in [0.15, 0.2) is 46.3 Å². The van der Waals surface area contributed by atoms with Crippen LogP contribution in [0.2, 0.25) is 0 Å². The summed E-state index contributed by atoms with van der Waals surface area (Å²) in [4.78, 5) is 11.6. The Kier molecular flexibility index (Phi) is 3.27. The van der Waals surface area contributed by atoms with Crippen LogP contribution >= 0.6 is 0 Å². The number of aromatic hydroxyl groups is 1. The van der Waals surface area contributed by atoms with Crippen LogP contribution < -0.4 is 5.69 Å². The van der Waals surface area contributed by atoms with Crippen LogP contribution in [0.5, 0.6) is 5.75 Å². The van der Waals surface area contributed by atoms with Crippen molar-refractivity contribution >= 4 is 17.0 Å². The highest BCUT2D eigenvalue weighted by atomic mass is 16.3. The zero-order valence-electron chi connectivity index (χ0n) is 11.4. The summed E-state index contributed by atoms with van der Waals surface area (Å²) in [5.41, 5.74) is 0.172. The van der Waals surface area contributed by atoms with Crippen molar-refractivity contribution in [2.24, 2.45) is 5.10 Å². The number of aromatic amines is 1. The molecule has 6 nitrogen and oxygen atoms in total. The van der Waals surface area contributed by atoms with Crippen molar-refractivity contribution in [3.05, 3.63) is 58.3 Å². The minimum absolute atomic E-state index is 0.118. The molecule has 0 spiro atoms. The van der Waals surface area contributed by atoms with Gasteiger partial charge in [0.15, 0.2) is 5.82 Å². The molecule has 0 amide bonds. The summed E-state index contributed by atoms with van der Waals surface area (Å²) in [5.74, 6) is 0.656. The molecule has 1 heterocycles. The number of nitrogens with zero attached hydrogens (tertiary/aromatic N) is 3. The Bertz CT molecular complexity index is 877. The van der Waals surface area contributed by atoms with E-state index in [0.29, 0.717) is 17.8 Å². The van der Waals surface area contributed by atoms with E-state index in [4.69, 9.17) is 0 Å². The number of rotatable bonds is 3. The molecule has 0 fully saturated rings. The highest BCUT2D eigenvalue weighted by Gasteiger charge is 2.07. The van der Waals surface area contributed by atoms with Crippen molar-refractivity contribution in [2.45, 2.75) is 13.3 Å². The van der Waals surface area contributed by atoms with E-state index in [0.717, 1.165) is 10.8 Å². The average molecular weight is 282 g/mol. The molecule has 0 saturated heterocycles. The van der Waals surface area contributed by atoms with Gasteiger partial charge in [0, 0.05) is 12.0 Å². The molecule has 21 heavy (non-hydrogen) atoms. The van der Waals surface area contributed by atoms with E-state index < -0.39 is 5.69 Å². The highest BCUT2D eigenvalue weighted by molar-refractivity contribution is 6.02. The van der Waals surface area contributed by atoms with E-state index in [1.165, 1.54) is 10.9 Å². The number of hydrogen-bond acceptors (Lipinski definition) is 4. The molecule has 2 aromatic carbocycles. The second-order valence-corrected chi connectivity index (χ2v) is 4.57. The molecular weight excluding hydrogens is 268 g/mol. The smallest absolute Gasteiger partial charge is 0.364 e. The number of phenols is 1. The molecule has 106 valence electrons. The summed E-state index contributed by atoms with van der Waals surface area (Å²) in [6, 6.07) is 11.1. The second-order valence-electron chi connectivity index (χ2n) is 4.57. The summed E-state index contributed by atoms with van der Waals surface area (Å²) in [7, 11) is 0. The predicted molar refractivity (Wildman–Crippen MR) is 80.8 cm³/mol. The number of phenolic OH excluding ortho intramolecular Hbond substituents is 1. The molecule has 0 bridgehead atoms. The van der Waals surface area contributed by atoms with E-state index in [-0.39, 0.29) is 5.75 Å². The van der Waals surface area contributed by atoms with Crippen LogP contribution in [0.3, 0.4) is 0 Å². The normalized spacial score (nSPS) is 11.5. The van der Waals surface area contributed by atoms with E-state index in [9.17, 15) is 9.90 Å². The number of aromatic nitrogens is 3. The van der Waals surface area contributed by atoms with Crippen LogP contribution in [-0.2, 0) is 6.42 Å². The lowest BCUT2D eigenvalue weighted by Gasteiger charge is -2.04. The van der Waals surface area contributed by atoms with Gasteiger partial charge < -0.3 is 5.11 Å². The Morgan fingerprint density at radius 1 is 1.33 bits per heavy atom. The van der Waals surface area contributed by atoms with Gasteiger partial charge in [-0.3, -0.25) is 0 Å². The second kappa shape index (κ2) is 5.24. The monoisotopic (exact) mass is 282 g/mol. The molecule has 0 saturated carbocycles.